The number of hydrogen-bond donors (Lipinski definition) is 1. The Labute approximate surface area is 128 Å². The van der Waals surface area contributed by atoms with Gasteiger partial charge in [-0.3, -0.25) is 9.97 Å². The minimum atomic E-state index is -0.981. The number of ether oxygens (including phenoxy) is 2. The maximum atomic E-state index is 11.6. The highest BCUT2D eigenvalue weighted by molar-refractivity contribution is 5.89. The van der Waals surface area contributed by atoms with Gasteiger partial charge in [0.05, 0.1) is 23.6 Å². The molecule has 0 fully saturated rings. The van der Waals surface area contributed by atoms with E-state index in [0.29, 0.717) is 35.7 Å². The molecule has 2 rings (SSSR count). The van der Waals surface area contributed by atoms with Crippen LogP contribution in [0.5, 0.6) is 0 Å². The Kier molecular flexibility index (Phi) is 5.57. The van der Waals surface area contributed by atoms with Crippen molar-refractivity contribution < 1.29 is 19.4 Å². The van der Waals surface area contributed by atoms with Crippen molar-refractivity contribution in [2.45, 2.75) is 20.1 Å². The summed E-state index contributed by atoms with van der Waals surface area (Å²) in [6, 6.07) is 6.81. The molecular formula is C16H18N2O4. The van der Waals surface area contributed by atoms with Crippen molar-refractivity contribution in [1.82, 2.24) is 9.97 Å². The molecule has 0 saturated heterocycles. The number of pyridine rings is 2. The first kappa shape index (κ1) is 16.1. The average Bonchev–Trinajstić information content (AvgIpc) is 2.55. The van der Waals surface area contributed by atoms with Gasteiger partial charge in [0.15, 0.2) is 6.29 Å². The van der Waals surface area contributed by atoms with Gasteiger partial charge >= 0.3 is 5.97 Å². The third kappa shape index (κ3) is 3.87. The first-order chi connectivity index (χ1) is 10.7. The topological polar surface area (TPSA) is 81.5 Å². The van der Waals surface area contributed by atoms with Crippen molar-refractivity contribution in [1.29, 1.82) is 0 Å². The second-order valence-corrected chi connectivity index (χ2v) is 4.44. The highest BCUT2D eigenvalue weighted by Gasteiger charge is 2.10. The summed E-state index contributed by atoms with van der Waals surface area (Å²) in [5.41, 5.74) is 2.25. The Bertz CT molecular complexity index is 611. The lowest BCUT2D eigenvalue weighted by Gasteiger charge is -2.10. The molecule has 0 aliphatic rings. The Morgan fingerprint density at radius 3 is 2.27 bits per heavy atom. The van der Waals surface area contributed by atoms with Crippen LogP contribution in [0.15, 0.2) is 36.7 Å². The van der Waals surface area contributed by atoms with Crippen molar-refractivity contribution in [3.05, 3.63) is 47.8 Å². The Balaban J connectivity index is 2.13. The summed E-state index contributed by atoms with van der Waals surface area (Å²) in [5, 5.41) is 9.70. The maximum Gasteiger partial charge on any atom is 0.339 e. The van der Waals surface area contributed by atoms with E-state index in [4.69, 9.17) is 9.47 Å². The van der Waals surface area contributed by atoms with Crippen molar-refractivity contribution in [2.24, 2.45) is 0 Å². The van der Waals surface area contributed by atoms with Crippen LogP contribution in [0.2, 0.25) is 0 Å². The fraction of sp³-hybridized carbons (Fsp3) is 0.312. The quantitative estimate of drug-likeness (QED) is 0.651. The molecule has 1 atom stereocenters. The van der Waals surface area contributed by atoms with E-state index in [0.717, 1.165) is 0 Å². The highest BCUT2D eigenvalue weighted by atomic mass is 16.6. The second kappa shape index (κ2) is 7.63. The van der Waals surface area contributed by atoms with Gasteiger partial charge in [-0.25, -0.2) is 4.79 Å². The minimum Gasteiger partial charge on any atom is -0.462 e. The third-order valence-electron chi connectivity index (χ3n) is 2.93. The third-order valence-corrected chi connectivity index (χ3v) is 2.93. The van der Waals surface area contributed by atoms with E-state index in [-0.39, 0.29) is 0 Å². The van der Waals surface area contributed by atoms with Crippen LogP contribution in [-0.4, -0.2) is 34.3 Å². The van der Waals surface area contributed by atoms with Crippen LogP contribution in [0.25, 0.3) is 11.4 Å². The number of carbonyl (C=O) groups excluding carboxylic acids is 1. The molecule has 0 saturated carbocycles. The standard InChI is InChI=1S/C16H18N2O4/c1-3-21-15(19)11-5-7-13(17-9-11)14-8-6-12(10-18-14)16(20)22-4-2/h5-10,15,19H,3-4H2,1-2H3. The van der Waals surface area contributed by atoms with Crippen LogP contribution >= 0.6 is 0 Å². The molecule has 2 aromatic rings. The molecule has 116 valence electrons. The van der Waals surface area contributed by atoms with Gasteiger partial charge in [0.1, 0.15) is 0 Å². The minimum absolute atomic E-state index is 0.325. The van der Waals surface area contributed by atoms with E-state index in [1.165, 1.54) is 12.4 Å². The lowest BCUT2D eigenvalue weighted by atomic mass is 10.2. The summed E-state index contributed by atoms with van der Waals surface area (Å²) >= 11 is 0. The lowest BCUT2D eigenvalue weighted by Crippen LogP contribution is -2.05. The van der Waals surface area contributed by atoms with Crippen LogP contribution in [-0.2, 0) is 9.47 Å². The van der Waals surface area contributed by atoms with Gasteiger partial charge in [0.2, 0.25) is 0 Å². The molecule has 0 bridgehead atoms. The molecular weight excluding hydrogens is 284 g/mol. The average molecular weight is 302 g/mol. The Morgan fingerprint density at radius 2 is 1.77 bits per heavy atom. The molecule has 1 N–H and O–H groups in total. The van der Waals surface area contributed by atoms with Gasteiger partial charge < -0.3 is 14.6 Å². The van der Waals surface area contributed by atoms with Crippen molar-refractivity contribution in [3.8, 4) is 11.4 Å². The number of nitrogens with zero attached hydrogens (tertiary/aromatic N) is 2. The van der Waals surface area contributed by atoms with E-state index in [2.05, 4.69) is 9.97 Å². The number of aliphatic hydroxyl groups excluding tert-OH is 1. The van der Waals surface area contributed by atoms with Gasteiger partial charge in [-0.2, -0.15) is 0 Å². The number of rotatable bonds is 6. The van der Waals surface area contributed by atoms with Crippen LogP contribution in [0.4, 0.5) is 0 Å². The monoisotopic (exact) mass is 302 g/mol. The fourth-order valence-corrected chi connectivity index (χ4v) is 1.84. The Morgan fingerprint density at radius 1 is 1.09 bits per heavy atom. The van der Waals surface area contributed by atoms with Crippen LogP contribution in [0, 0.1) is 0 Å². The molecule has 0 radical (unpaired) electrons. The zero-order valence-corrected chi connectivity index (χ0v) is 12.5. The van der Waals surface area contributed by atoms with E-state index >= 15 is 0 Å². The molecule has 2 aromatic heterocycles. The lowest BCUT2D eigenvalue weighted by molar-refractivity contribution is -0.0981. The summed E-state index contributed by atoms with van der Waals surface area (Å²) in [6.45, 7) is 4.30. The fourth-order valence-electron chi connectivity index (χ4n) is 1.84. The SMILES string of the molecule is CCOC(=O)c1ccc(-c2ccc(C(O)OCC)cn2)nc1. The van der Waals surface area contributed by atoms with Gasteiger partial charge in [-0.1, -0.05) is 6.07 Å². The highest BCUT2D eigenvalue weighted by Crippen LogP contribution is 2.18. The molecule has 22 heavy (non-hydrogen) atoms. The predicted molar refractivity (Wildman–Crippen MR) is 80.0 cm³/mol. The van der Waals surface area contributed by atoms with E-state index < -0.39 is 12.3 Å². The largest absolute Gasteiger partial charge is 0.462 e. The Hall–Kier alpha value is -2.31. The zero-order chi connectivity index (χ0) is 15.9. The number of carbonyl (C=O) groups is 1. The van der Waals surface area contributed by atoms with Crippen molar-refractivity contribution >= 4 is 5.97 Å². The van der Waals surface area contributed by atoms with E-state index in [1.807, 2.05) is 0 Å². The molecule has 0 spiro atoms. The van der Waals surface area contributed by atoms with Crippen molar-refractivity contribution in [3.63, 3.8) is 0 Å². The van der Waals surface area contributed by atoms with Gasteiger partial charge in [0.25, 0.3) is 0 Å². The normalized spacial score (nSPS) is 12.0. The summed E-state index contributed by atoms with van der Waals surface area (Å²) in [4.78, 5) is 20.0. The van der Waals surface area contributed by atoms with E-state index in [9.17, 15) is 9.90 Å². The summed E-state index contributed by atoms with van der Waals surface area (Å²) in [7, 11) is 0. The second-order valence-electron chi connectivity index (χ2n) is 4.44. The number of esters is 1. The molecule has 0 aliphatic carbocycles. The predicted octanol–water partition coefficient (Wildman–Crippen LogP) is 2.35. The van der Waals surface area contributed by atoms with Gasteiger partial charge in [-0.05, 0) is 32.0 Å². The van der Waals surface area contributed by atoms with E-state index in [1.54, 1.807) is 38.1 Å². The molecule has 0 amide bonds. The summed E-state index contributed by atoms with van der Waals surface area (Å²) in [6.07, 6.45) is 2.01. The smallest absolute Gasteiger partial charge is 0.339 e. The van der Waals surface area contributed by atoms with Crippen LogP contribution < -0.4 is 0 Å². The van der Waals surface area contributed by atoms with Gasteiger partial charge in [-0.15, -0.1) is 0 Å². The first-order valence-electron chi connectivity index (χ1n) is 7.04. The number of aliphatic hydroxyl groups is 1. The van der Waals surface area contributed by atoms with Crippen molar-refractivity contribution in [2.75, 3.05) is 13.2 Å². The maximum absolute atomic E-state index is 11.6. The van der Waals surface area contributed by atoms with Crippen LogP contribution in [0.3, 0.4) is 0 Å². The summed E-state index contributed by atoms with van der Waals surface area (Å²) < 4.78 is 9.99. The number of aromatic nitrogens is 2. The zero-order valence-electron chi connectivity index (χ0n) is 12.5. The molecule has 6 heteroatoms. The van der Waals surface area contributed by atoms with Gasteiger partial charge in [0, 0.05) is 24.6 Å². The molecule has 1 unspecified atom stereocenters. The van der Waals surface area contributed by atoms with Crippen LogP contribution in [0.1, 0.15) is 36.1 Å². The molecule has 2 heterocycles. The molecule has 0 aliphatic heterocycles. The molecule has 6 nitrogen and oxygen atoms in total. The molecule has 0 aromatic carbocycles. The summed E-state index contributed by atoms with van der Waals surface area (Å²) in [5.74, 6) is -0.398. The number of hydrogen-bond acceptors (Lipinski definition) is 6. The first-order valence-corrected chi connectivity index (χ1v) is 7.04.